The zero-order chi connectivity index (χ0) is 13.7. The first-order chi connectivity index (χ1) is 9.24. The molecular formula is C15H23NO3. The van der Waals surface area contributed by atoms with E-state index in [1.54, 1.807) is 14.2 Å². The molecule has 2 N–H and O–H groups in total. The van der Waals surface area contributed by atoms with Gasteiger partial charge in [0, 0.05) is 18.2 Å². The molecule has 1 aromatic carbocycles. The van der Waals surface area contributed by atoms with Crippen LogP contribution in [0, 0.1) is 5.92 Å². The number of hydrogen-bond donors (Lipinski definition) is 1. The molecular weight excluding hydrogens is 242 g/mol. The van der Waals surface area contributed by atoms with E-state index in [1.165, 1.54) is 12.8 Å². The van der Waals surface area contributed by atoms with Crippen LogP contribution in [0.5, 0.6) is 11.5 Å². The van der Waals surface area contributed by atoms with Gasteiger partial charge in [0.1, 0.15) is 11.5 Å². The first-order valence-corrected chi connectivity index (χ1v) is 6.80. The van der Waals surface area contributed by atoms with Crippen LogP contribution < -0.4 is 15.2 Å². The van der Waals surface area contributed by atoms with E-state index in [9.17, 15) is 0 Å². The summed E-state index contributed by atoms with van der Waals surface area (Å²) in [6.07, 6.45) is 3.88. The van der Waals surface area contributed by atoms with Crippen molar-refractivity contribution < 1.29 is 14.2 Å². The lowest BCUT2D eigenvalue weighted by atomic mass is 10.1. The molecule has 1 fully saturated rings. The lowest BCUT2D eigenvalue weighted by Crippen LogP contribution is -2.18. The lowest BCUT2D eigenvalue weighted by molar-refractivity contribution is 0.115. The highest BCUT2D eigenvalue weighted by Crippen LogP contribution is 2.32. The van der Waals surface area contributed by atoms with Gasteiger partial charge in [0.05, 0.1) is 26.9 Å². The van der Waals surface area contributed by atoms with Crippen molar-refractivity contribution in [3.05, 3.63) is 23.8 Å². The summed E-state index contributed by atoms with van der Waals surface area (Å²) in [7, 11) is 3.27. The average molecular weight is 265 g/mol. The smallest absolute Gasteiger partial charge is 0.127 e. The molecule has 0 aromatic heterocycles. The quantitative estimate of drug-likeness (QED) is 0.734. The molecule has 0 radical (unpaired) electrons. The second-order valence-electron chi connectivity index (χ2n) is 5.02. The molecule has 0 spiro atoms. The highest BCUT2D eigenvalue weighted by molar-refractivity contribution is 5.42. The third-order valence-electron chi connectivity index (χ3n) is 3.50. The Bertz CT molecular complexity index is 404. The van der Waals surface area contributed by atoms with Gasteiger partial charge in [-0.2, -0.15) is 0 Å². The maximum absolute atomic E-state index is 6.15. The fourth-order valence-electron chi connectivity index (χ4n) is 2.08. The molecule has 0 amide bonds. The molecule has 19 heavy (non-hydrogen) atoms. The van der Waals surface area contributed by atoms with Gasteiger partial charge in [0.2, 0.25) is 0 Å². The van der Waals surface area contributed by atoms with Gasteiger partial charge in [0.15, 0.2) is 0 Å². The summed E-state index contributed by atoms with van der Waals surface area (Å²) in [5, 5.41) is 0. The van der Waals surface area contributed by atoms with E-state index < -0.39 is 0 Å². The minimum absolute atomic E-state index is 0.167. The number of nitrogens with two attached hydrogens (primary N) is 1. The molecule has 0 saturated heterocycles. The zero-order valence-electron chi connectivity index (χ0n) is 11.7. The summed E-state index contributed by atoms with van der Waals surface area (Å²) < 4.78 is 16.2. The van der Waals surface area contributed by atoms with Crippen LogP contribution in [0.1, 0.15) is 30.9 Å². The monoisotopic (exact) mass is 265 g/mol. The van der Waals surface area contributed by atoms with Gasteiger partial charge in [-0.1, -0.05) is 12.8 Å². The largest absolute Gasteiger partial charge is 0.497 e. The third kappa shape index (κ3) is 4.11. The first-order valence-electron chi connectivity index (χ1n) is 6.80. The molecule has 106 valence electrons. The molecule has 1 aromatic rings. The fraction of sp³-hybridized carbons (Fsp3) is 0.600. The van der Waals surface area contributed by atoms with Crippen LogP contribution in [0.3, 0.4) is 0 Å². The second kappa shape index (κ2) is 6.78. The van der Waals surface area contributed by atoms with Crippen molar-refractivity contribution >= 4 is 0 Å². The number of benzene rings is 1. The predicted octanol–water partition coefficient (Wildman–Crippen LogP) is 2.52. The van der Waals surface area contributed by atoms with Crippen LogP contribution in [-0.2, 0) is 4.74 Å². The molecule has 1 saturated carbocycles. The Hall–Kier alpha value is -1.26. The van der Waals surface area contributed by atoms with E-state index in [0.29, 0.717) is 6.61 Å². The SMILES string of the molecule is COc1ccc(C(N)COCCC2CC2)c(OC)c1. The van der Waals surface area contributed by atoms with Gasteiger partial charge in [0.25, 0.3) is 0 Å². The molecule has 1 aliphatic rings. The highest BCUT2D eigenvalue weighted by atomic mass is 16.5. The van der Waals surface area contributed by atoms with Gasteiger partial charge < -0.3 is 19.9 Å². The molecule has 4 nitrogen and oxygen atoms in total. The highest BCUT2D eigenvalue weighted by Gasteiger charge is 2.20. The average Bonchev–Trinajstić information content (AvgIpc) is 3.26. The second-order valence-corrected chi connectivity index (χ2v) is 5.02. The van der Waals surface area contributed by atoms with E-state index in [0.717, 1.165) is 36.0 Å². The Balaban J connectivity index is 1.87. The van der Waals surface area contributed by atoms with Crippen molar-refractivity contribution in [2.75, 3.05) is 27.4 Å². The Morgan fingerprint density at radius 3 is 2.68 bits per heavy atom. The fourth-order valence-corrected chi connectivity index (χ4v) is 2.08. The van der Waals surface area contributed by atoms with E-state index in [4.69, 9.17) is 19.9 Å². The van der Waals surface area contributed by atoms with Crippen molar-refractivity contribution in [1.29, 1.82) is 0 Å². The van der Waals surface area contributed by atoms with Crippen LogP contribution in [-0.4, -0.2) is 27.4 Å². The summed E-state index contributed by atoms with van der Waals surface area (Å²) in [5.41, 5.74) is 7.10. The summed E-state index contributed by atoms with van der Waals surface area (Å²) in [6, 6.07) is 5.51. The standard InChI is InChI=1S/C15H23NO3/c1-17-12-5-6-13(15(9-12)18-2)14(16)10-19-8-7-11-3-4-11/h5-6,9,11,14H,3-4,7-8,10,16H2,1-2H3. The Morgan fingerprint density at radius 2 is 2.05 bits per heavy atom. The van der Waals surface area contributed by atoms with Crippen molar-refractivity contribution in [3.8, 4) is 11.5 Å². The van der Waals surface area contributed by atoms with Crippen LogP contribution in [0.15, 0.2) is 18.2 Å². The van der Waals surface area contributed by atoms with E-state index in [-0.39, 0.29) is 6.04 Å². The maximum Gasteiger partial charge on any atom is 0.127 e. The van der Waals surface area contributed by atoms with Gasteiger partial charge in [-0.05, 0) is 24.5 Å². The van der Waals surface area contributed by atoms with Gasteiger partial charge >= 0.3 is 0 Å². The molecule has 1 aliphatic carbocycles. The summed E-state index contributed by atoms with van der Waals surface area (Å²) in [4.78, 5) is 0. The van der Waals surface area contributed by atoms with Gasteiger partial charge in [-0.3, -0.25) is 0 Å². The van der Waals surface area contributed by atoms with Crippen LogP contribution in [0.25, 0.3) is 0 Å². The van der Waals surface area contributed by atoms with Gasteiger partial charge in [-0.25, -0.2) is 0 Å². The summed E-state index contributed by atoms with van der Waals surface area (Å²) in [6.45, 7) is 1.33. The minimum Gasteiger partial charge on any atom is -0.497 e. The van der Waals surface area contributed by atoms with Crippen molar-refractivity contribution in [2.24, 2.45) is 11.7 Å². The summed E-state index contributed by atoms with van der Waals surface area (Å²) >= 11 is 0. The van der Waals surface area contributed by atoms with Crippen molar-refractivity contribution in [3.63, 3.8) is 0 Å². The Kier molecular flexibility index (Phi) is 5.05. The molecule has 0 aliphatic heterocycles. The number of hydrogen-bond acceptors (Lipinski definition) is 4. The molecule has 0 bridgehead atoms. The third-order valence-corrected chi connectivity index (χ3v) is 3.50. The van der Waals surface area contributed by atoms with Gasteiger partial charge in [-0.15, -0.1) is 0 Å². The topological polar surface area (TPSA) is 53.7 Å². The summed E-state index contributed by atoms with van der Waals surface area (Å²) in [5.74, 6) is 2.41. The van der Waals surface area contributed by atoms with Crippen LogP contribution in [0.4, 0.5) is 0 Å². The van der Waals surface area contributed by atoms with E-state index >= 15 is 0 Å². The molecule has 1 atom stereocenters. The minimum atomic E-state index is -0.167. The number of methoxy groups -OCH3 is 2. The molecule has 0 heterocycles. The number of ether oxygens (including phenoxy) is 3. The van der Waals surface area contributed by atoms with Crippen LogP contribution in [0.2, 0.25) is 0 Å². The van der Waals surface area contributed by atoms with Crippen molar-refractivity contribution in [1.82, 2.24) is 0 Å². The lowest BCUT2D eigenvalue weighted by Gasteiger charge is -2.16. The van der Waals surface area contributed by atoms with E-state index in [1.807, 2.05) is 18.2 Å². The molecule has 1 unspecified atom stereocenters. The predicted molar refractivity (Wildman–Crippen MR) is 74.6 cm³/mol. The maximum atomic E-state index is 6.15. The van der Waals surface area contributed by atoms with E-state index in [2.05, 4.69) is 0 Å². The Labute approximate surface area is 114 Å². The molecule has 2 rings (SSSR count). The first kappa shape index (κ1) is 14.2. The van der Waals surface area contributed by atoms with Crippen molar-refractivity contribution in [2.45, 2.75) is 25.3 Å². The number of rotatable bonds is 8. The van der Waals surface area contributed by atoms with Crippen LogP contribution >= 0.6 is 0 Å². The Morgan fingerprint density at radius 1 is 1.26 bits per heavy atom. The zero-order valence-corrected chi connectivity index (χ0v) is 11.7. The normalized spacial score (nSPS) is 16.2. The molecule has 4 heteroatoms.